The fourth-order valence-corrected chi connectivity index (χ4v) is 3.41. The molecule has 2 aromatic rings. The molecule has 1 aromatic heterocycles. The fraction of sp³-hybridized carbons (Fsp3) is 0.485. The number of halogens is 1. The van der Waals surface area contributed by atoms with Gasteiger partial charge < -0.3 is 29.9 Å². The van der Waals surface area contributed by atoms with Gasteiger partial charge in [0, 0.05) is 19.2 Å². The van der Waals surface area contributed by atoms with Crippen LogP contribution in [0.2, 0.25) is 0 Å². The number of nitrogens with zero attached hydrogens (tertiary/aromatic N) is 2. The Morgan fingerprint density at radius 1 is 1.21 bits per heavy atom. The predicted octanol–water partition coefficient (Wildman–Crippen LogP) is 5.78. The first-order valence-electron chi connectivity index (χ1n) is 14.2. The smallest absolute Gasteiger partial charge is 0.305 e. The van der Waals surface area contributed by atoms with Gasteiger partial charge in [0.05, 0.1) is 30.9 Å². The first kappa shape index (κ1) is 41.7. The summed E-state index contributed by atoms with van der Waals surface area (Å²) in [7, 11) is 3.61. The number of aliphatic carboxylic acids is 1. The Morgan fingerprint density at radius 2 is 1.77 bits per heavy atom. The number of allylic oxidation sites excluding steroid dienone is 3. The van der Waals surface area contributed by atoms with Crippen LogP contribution in [0.1, 0.15) is 76.0 Å². The Balaban J connectivity index is 0. The van der Waals surface area contributed by atoms with E-state index in [2.05, 4.69) is 30.4 Å². The first-order valence-corrected chi connectivity index (χ1v) is 14.2. The van der Waals surface area contributed by atoms with E-state index in [1.165, 1.54) is 12.1 Å². The Bertz CT molecular complexity index is 1090. The van der Waals surface area contributed by atoms with Crippen molar-refractivity contribution < 1.29 is 34.0 Å². The number of rotatable bonds is 14. The van der Waals surface area contributed by atoms with Gasteiger partial charge in [-0.05, 0) is 70.5 Å². The van der Waals surface area contributed by atoms with Crippen LogP contribution in [0.4, 0.5) is 4.39 Å². The maximum Gasteiger partial charge on any atom is 0.305 e. The predicted molar refractivity (Wildman–Crippen MR) is 172 cm³/mol. The number of carboxylic acid groups (broad SMARTS) is 1. The van der Waals surface area contributed by atoms with Gasteiger partial charge in [0.15, 0.2) is 6.29 Å². The molecule has 43 heavy (non-hydrogen) atoms. The number of imidazole rings is 1. The molecule has 0 fully saturated rings. The molecule has 0 bridgehead atoms. The third kappa shape index (κ3) is 19.4. The van der Waals surface area contributed by atoms with Crippen LogP contribution in [-0.2, 0) is 16.1 Å². The maximum atomic E-state index is 13.3. The summed E-state index contributed by atoms with van der Waals surface area (Å²) in [6.45, 7) is 18.9. The number of benzene rings is 1. The number of methoxy groups -OCH3 is 1. The third-order valence-corrected chi connectivity index (χ3v) is 5.64. The van der Waals surface area contributed by atoms with E-state index in [-0.39, 0.29) is 30.3 Å². The maximum absolute atomic E-state index is 13.3. The van der Waals surface area contributed by atoms with Gasteiger partial charge in [-0.25, -0.2) is 9.37 Å². The topological polar surface area (TPSA) is 134 Å². The van der Waals surface area contributed by atoms with E-state index in [1.54, 1.807) is 25.3 Å². The summed E-state index contributed by atoms with van der Waals surface area (Å²) in [5.74, 6) is -1.05. The van der Waals surface area contributed by atoms with Crippen LogP contribution < -0.4 is 5.32 Å². The van der Waals surface area contributed by atoms with Crippen LogP contribution in [0.5, 0.6) is 0 Å². The van der Waals surface area contributed by atoms with Gasteiger partial charge in [0.25, 0.3) is 0 Å². The van der Waals surface area contributed by atoms with Gasteiger partial charge in [-0.1, -0.05) is 57.7 Å². The minimum absolute atomic E-state index is 0.0170. The normalized spacial score (nSPS) is 11.7. The van der Waals surface area contributed by atoms with Crippen molar-refractivity contribution >= 4 is 12.3 Å². The van der Waals surface area contributed by atoms with Crippen LogP contribution in [0, 0.1) is 5.82 Å². The molecule has 0 radical (unpaired) electrons. The summed E-state index contributed by atoms with van der Waals surface area (Å²) >= 11 is 0. The molecule has 10 heteroatoms. The Kier molecular flexibility index (Phi) is 24.3. The minimum Gasteiger partial charge on any atom is -0.481 e. The van der Waals surface area contributed by atoms with Crippen LogP contribution in [0.15, 0.2) is 61.2 Å². The average Bonchev–Trinajstić information content (AvgIpc) is 3.34. The number of carbonyl (C=O) groups excluding carboxylic acids is 1. The lowest BCUT2D eigenvalue weighted by atomic mass is 10.1. The number of hydrogen-bond donors (Lipinski definition) is 4. The molecule has 0 amide bonds. The van der Waals surface area contributed by atoms with Gasteiger partial charge in [-0.3, -0.25) is 9.59 Å². The summed E-state index contributed by atoms with van der Waals surface area (Å²) in [6, 6.07) is 5.75. The highest BCUT2D eigenvalue weighted by Gasteiger charge is 2.22. The zero-order chi connectivity index (χ0) is 33.4. The number of hydrogen-bond acceptors (Lipinski definition) is 7. The molecular weight excluding hydrogens is 553 g/mol. The molecule has 2 rings (SSSR count). The standard InChI is InChI=1S/C20H25FN2O5.C5H10O.C5H8.C3H9N/c1-12(2)19-17(11-24)22-20(13-3-5-14(21)6-4-13)23(19)8-7-15(25)9-16(26)10-18(27)28;1-3-4-5-6-2;1-4-5(2)3;1-3-4-2/h3-6,11-12,15-16,25-26H,7-10H2,1-2H3,(H,27,28);3-4H,5H2,1-2H3;4H,1-2H2,3H3;4H,3H2,1-2H3/b;4-3-;;. The van der Waals surface area contributed by atoms with Crippen molar-refractivity contribution in [2.24, 2.45) is 0 Å². The quantitative estimate of drug-likeness (QED) is 0.121. The lowest BCUT2D eigenvalue weighted by molar-refractivity contribution is -0.139. The molecule has 4 N–H and O–H groups in total. The van der Waals surface area contributed by atoms with Crippen LogP contribution in [0.3, 0.4) is 0 Å². The molecule has 0 saturated heterocycles. The second-order valence-corrected chi connectivity index (χ2v) is 9.85. The van der Waals surface area contributed by atoms with Crippen molar-refractivity contribution in [2.75, 3.05) is 27.3 Å². The lowest BCUT2D eigenvalue weighted by Crippen LogP contribution is -2.22. The Hall–Kier alpha value is -3.44. The number of aliphatic hydroxyl groups is 2. The van der Waals surface area contributed by atoms with Crippen LogP contribution in [-0.4, -0.2) is 76.6 Å². The summed E-state index contributed by atoms with van der Waals surface area (Å²) in [5.41, 5.74) is 2.64. The summed E-state index contributed by atoms with van der Waals surface area (Å²) in [6.07, 6.45) is 3.99. The van der Waals surface area contributed by atoms with E-state index >= 15 is 0 Å². The third-order valence-electron chi connectivity index (χ3n) is 5.64. The lowest BCUT2D eigenvalue weighted by Gasteiger charge is -2.18. The van der Waals surface area contributed by atoms with Crippen molar-refractivity contribution in [3.05, 3.63) is 78.4 Å². The SMILES string of the molecule is C/C=C\COC.C=CC(=C)C.CC(C)c1c(C=O)nc(-c2ccc(F)cc2)n1CCC(O)CC(O)CC(=O)O.CCNC. The first-order chi connectivity index (χ1) is 20.3. The van der Waals surface area contributed by atoms with Crippen molar-refractivity contribution in [3.8, 4) is 11.4 Å². The molecule has 242 valence electrons. The zero-order valence-corrected chi connectivity index (χ0v) is 26.8. The summed E-state index contributed by atoms with van der Waals surface area (Å²) < 4.78 is 19.8. The molecule has 0 spiro atoms. The average molecular weight is 606 g/mol. The van der Waals surface area contributed by atoms with Crippen molar-refractivity contribution in [3.63, 3.8) is 0 Å². The fourth-order valence-electron chi connectivity index (χ4n) is 3.41. The minimum atomic E-state index is -1.14. The van der Waals surface area contributed by atoms with E-state index in [0.717, 1.165) is 18.7 Å². The number of carbonyl (C=O) groups is 2. The molecule has 2 atom stereocenters. The van der Waals surface area contributed by atoms with E-state index in [1.807, 2.05) is 51.5 Å². The highest BCUT2D eigenvalue weighted by atomic mass is 19.1. The number of ether oxygens (including phenoxy) is 1. The summed E-state index contributed by atoms with van der Waals surface area (Å²) in [5, 5.41) is 31.5. The van der Waals surface area contributed by atoms with Gasteiger partial charge >= 0.3 is 5.97 Å². The number of aliphatic hydroxyl groups excluding tert-OH is 2. The molecule has 0 aliphatic rings. The molecule has 2 unspecified atom stereocenters. The number of aldehydes is 1. The second kappa shape index (κ2) is 25.1. The Labute approximate surface area is 256 Å². The van der Waals surface area contributed by atoms with Gasteiger partial charge in [0.1, 0.15) is 17.3 Å². The van der Waals surface area contributed by atoms with Crippen LogP contribution in [0.25, 0.3) is 11.4 Å². The summed E-state index contributed by atoms with van der Waals surface area (Å²) in [4.78, 5) is 26.5. The number of aromatic nitrogens is 2. The largest absolute Gasteiger partial charge is 0.481 e. The van der Waals surface area contributed by atoms with Crippen molar-refractivity contribution in [2.45, 2.75) is 78.6 Å². The molecule has 0 aliphatic heterocycles. The van der Waals surface area contributed by atoms with Gasteiger partial charge in [-0.2, -0.15) is 0 Å². The molecule has 0 aliphatic carbocycles. The van der Waals surface area contributed by atoms with E-state index in [9.17, 15) is 24.2 Å². The second-order valence-electron chi connectivity index (χ2n) is 9.85. The van der Waals surface area contributed by atoms with Crippen LogP contribution >= 0.6 is 0 Å². The van der Waals surface area contributed by atoms with Gasteiger partial charge in [0.2, 0.25) is 0 Å². The molecule has 0 saturated carbocycles. The monoisotopic (exact) mass is 605 g/mol. The van der Waals surface area contributed by atoms with Gasteiger partial charge in [-0.15, -0.1) is 0 Å². The van der Waals surface area contributed by atoms with Crippen molar-refractivity contribution in [1.82, 2.24) is 14.9 Å². The highest BCUT2D eigenvalue weighted by Crippen LogP contribution is 2.28. The molecular formula is C33H52FN3O6. The van der Waals surface area contributed by atoms with E-state index < -0.39 is 24.6 Å². The Morgan fingerprint density at radius 3 is 2.14 bits per heavy atom. The number of nitrogens with one attached hydrogen (secondary N) is 1. The zero-order valence-electron chi connectivity index (χ0n) is 26.8. The van der Waals surface area contributed by atoms with E-state index in [0.29, 0.717) is 29.9 Å². The van der Waals surface area contributed by atoms with E-state index in [4.69, 9.17) is 9.84 Å². The number of carboxylic acids is 1. The van der Waals surface area contributed by atoms with Crippen molar-refractivity contribution in [1.29, 1.82) is 0 Å². The molecule has 1 heterocycles. The highest BCUT2D eigenvalue weighted by molar-refractivity contribution is 5.76. The molecule has 9 nitrogen and oxygen atoms in total. The molecule has 1 aromatic carbocycles.